The van der Waals surface area contributed by atoms with E-state index >= 15 is 0 Å². The second-order valence-corrected chi connectivity index (χ2v) is 5.07. The van der Waals surface area contributed by atoms with E-state index in [0.29, 0.717) is 18.5 Å². The number of hydrogen-bond acceptors (Lipinski definition) is 3. The second kappa shape index (κ2) is 6.78. The molecule has 0 radical (unpaired) electrons. The van der Waals surface area contributed by atoms with Crippen molar-refractivity contribution < 1.29 is 9.53 Å². The maximum Gasteiger partial charge on any atom is 0.407 e. The summed E-state index contributed by atoms with van der Waals surface area (Å²) in [4.78, 5) is 25.3. The van der Waals surface area contributed by atoms with Crippen LogP contribution in [-0.4, -0.2) is 23.2 Å². The molecule has 1 aromatic rings. The number of amides is 1. The van der Waals surface area contributed by atoms with E-state index < -0.39 is 11.7 Å². The number of aromatic amines is 1. The first-order valence-corrected chi connectivity index (χ1v) is 6.19. The first-order chi connectivity index (χ1) is 8.88. The molecule has 0 saturated carbocycles. The van der Waals surface area contributed by atoms with Crippen LogP contribution in [0.2, 0.25) is 0 Å². The van der Waals surface area contributed by atoms with Gasteiger partial charge in [0.15, 0.2) is 0 Å². The molecule has 19 heavy (non-hydrogen) atoms. The standard InChI is InChI=1S/C14H20N2O3/c1-14(2,3)19-13(18)16-9-5-4-7-11-8-6-10-15-12(11)17/h4,6-8,10H,5,9H2,1-3H3,(H,15,17)(H,16,18). The number of rotatable bonds is 4. The topological polar surface area (TPSA) is 71.2 Å². The predicted octanol–water partition coefficient (Wildman–Crippen LogP) is 2.30. The maximum absolute atomic E-state index is 11.4. The third kappa shape index (κ3) is 6.45. The quantitative estimate of drug-likeness (QED) is 0.820. The smallest absolute Gasteiger partial charge is 0.407 e. The monoisotopic (exact) mass is 264 g/mol. The molecule has 1 amide bonds. The van der Waals surface area contributed by atoms with Crippen LogP contribution in [0, 0.1) is 0 Å². The van der Waals surface area contributed by atoms with Crippen LogP contribution in [0.5, 0.6) is 0 Å². The normalized spacial score (nSPS) is 11.5. The molecule has 0 aromatic carbocycles. The lowest BCUT2D eigenvalue weighted by Crippen LogP contribution is -2.32. The number of pyridine rings is 1. The summed E-state index contributed by atoms with van der Waals surface area (Å²) in [6.45, 7) is 5.91. The summed E-state index contributed by atoms with van der Waals surface area (Å²) >= 11 is 0. The minimum absolute atomic E-state index is 0.126. The molecule has 104 valence electrons. The van der Waals surface area contributed by atoms with Gasteiger partial charge in [-0.2, -0.15) is 0 Å². The van der Waals surface area contributed by atoms with Crippen LogP contribution in [0.1, 0.15) is 32.8 Å². The van der Waals surface area contributed by atoms with Crippen LogP contribution in [0.4, 0.5) is 4.79 Å². The summed E-state index contributed by atoms with van der Waals surface area (Å²) in [5, 5.41) is 2.64. The van der Waals surface area contributed by atoms with Crippen molar-refractivity contribution in [2.75, 3.05) is 6.54 Å². The summed E-state index contributed by atoms with van der Waals surface area (Å²) < 4.78 is 5.09. The molecule has 0 aliphatic heterocycles. The van der Waals surface area contributed by atoms with E-state index in [1.165, 1.54) is 0 Å². The molecule has 2 N–H and O–H groups in total. The minimum atomic E-state index is -0.489. The van der Waals surface area contributed by atoms with Gasteiger partial charge in [0.05, 0.1) is 0 Å². The Kier molecular flexibility index (Phi) is 5.36. The molecule has 0 spiro atoms. The average Bonchev–Trinajstić information content (AvgIpc) is 2.28. The van der Waals surface area contributed by atoms with Gasteiger partial charge in [-0.05, 0) is 39.3 Å². The van der Waals surface area contributed by atoms with Gasteiger partial charge < -0.3 is 15.0 Å². The number of hydrogen-bond donors (Lipinski definition) is 2. The Bertz CT molecular complexity index is 498. The Labute approximate surface area is 112 Å². The summed E-state index contributed by atoms with van der Waals surface area (Å²) in [5.41, 5.74) is -0.0179. The minimum Gasteiger partial charge on any atom is -0.444 e. The molecule has 1 aromatic heterocycles. The molecule has 0 aliphatic carbocycles. The largest absolute Gasteiger partial charge is 0.444 e. The molecular formula is C14H20N2O3. The first kappa shape index (κ1) is 15.0. The zero-order valence-electron chi connectivity index (χ0n) is 11.5. The number of ether oxygens (including phenoxy) is 1. The van der Waals surface area contributed by atoms with Crippen LogP contribution >= 0.6 is 0 Å². The molecule has 0 atom stereocenters. The van der Waals surface area contributed by atoms with Gasteiger partial charge in [-0.3, -0.25) is 4.79 Å². The van der Waals surface area contributed by atoms with Crippen molar-refractivity contribution in [3.8, 4) is 0 Å². The Morgan fingerprint density at radius 2 is 2.21 bits per heavy atom. The Morgan fingerprint density at radius 3 is 2.84 bits per heavy atom. The Morgan fingerprint density at radius 1 is 1.47 bits per heavy atom. The summed E-state index contributed by atoms with van der Waals surface area (Å²) in [6, 6.07) is 3.50. The van der Waals surface area contributed by atoms with Crippen LogP contribution < -0.4 is 10.9 Å². The summed E-state index contributed by atoms with van der Waals surface area (Å²) in [7, 11) is 0. The highest BCUT2D eigenvalue weighted by Crippen LogP contribution is 2.06. The number of carbonyl (C=O) groups excluding carboxylic acids is 1. The highest BCUT2D eigenvalue weighted by molar-refractivity contribution is 5.67. The maximum atomic E-state index is 11.4. The zero-order valence-corrected chi connectivity index (χ0v) is 11.5. The van der Waals surface area contributed by atoms with Crippen molar-refractivity contribution in [1.82, 2.24) is 10.3 Å². The van der Waals surface area contributed by atoms with Crippen molar-refractivity contribution in [3.63, 3.8) is 0 Å². The van der Waals surface area contributed by atoms with Gasteiger partial charge in [0.1, 0.15) is 5.60 Å². The number of nitrogens with one attached hydrogen (secondary N) is 2. The lowest BCUT2D eigenvalue weighted by atomic mass is 10.2. The van der Waals surface area contributed by atoms with Gasteiger partial charge in [-0.1, -0.05) is 12.2 Å². The molecule has 0 saturated heterocycles. The average molecular weight is 264 g/mol. The van der Waals surface area contributed by atoms with Crippen molar-refractivity contribution >= 4 is 12.2 Å². The third-order valence-corrected chi connectivity index (χ3v) is 2.13. The van der Waals surface area contributed by atoms with Gasteiger partial charge in [-0.15, -0.1) is 0 Å². The van der Waals surface area contributed by atoms with Crippen molar-refractivity contribution in [1.29, 1.82) is 0 Å². The molecule has 5 heteroatoms. The summed E-state index contributed by atoms with van der Waals surface area (Å²) in [5.74, 6) is 0. The molecule has 5 nitrogen and oxygen atoms in total. The van der Waals surface area contributed by atoms with Crippen LogP contribution in [0.25, 0.3) is 6.08 Å². The van der Waals surface area contributed by atoms with E-state index in [0.717, 1.165) is 0 Å². The molecule has 1 rings (SSSR count). The fourth-order valence-electron chi connectivity index (χ4n) is 1.35. The highest BCUT2D eigenvalue weighted by atomic mass is 16.6. The SMILES string of the molecule is CC(C)(C)OC(=O)NCCC=Cc1ccc[nH]c1=O. The lowest BCUT2D eigenvalue weighted by molar-refractivity contribution is 0.0529. The number of aromatic nitrogens is 1. The molecule has 1 heterocycles. The fourth-order valence-corrected chi connectivity index (χ4v) is 1.35. The van der Waals surface area contributed by atoms with Crippen molar-refractivity contribution in [2.45, 2.75) is 32.8 Å². The van der Waals surface area contributed by atoms with Crippen LogP contribution in [0.15, 0.2) is 29.2 Å². The van der Waals surface area contributed by atoms with Crippen molar-refractivity contribution in [2.24, 2.45) is 0 Å². The molecule has 0 fully saturated rings. The zero-order chi connectivity index (χ0) is 14.3. The Hall–Kier alpha value is -2.04. The molecule has 0 unspecified atom stereocenters. The van der Waals surface area contributed by atoms with Gasteiger partial charge in [0.2, 0.25) is 0 Å². The van der Waals surface area contributed by atoms with Crippen molar-refractivity contribution in [3.05, 3.63) is 40.3 Å². The first-order valence-electron chi connectivity index (χ1n) is 6.19. The van der Waals surface area contributed by atoms with E-state index in [4.69, 9.17) is 4.74 Å². The van der Waals surface area contributed by atoms with Gasteiger partial charge in [-0.25, -0.2) is 4.79 Å². The van der Waals surface area contributed by atoms with Gasteiger partial charge in [0, 0.05) is 18.3 Å². The number of alkyl carbamates (subject to hydrolysis) is 1. The molecule has 0 bridgehead atoms. The van der Waals surface area contributed by atoms with Crippen LogP contribution in [0.3, 0.4) is 0 Å². The number of H-pyrrole nitrogens is 1. The highest BCUT2D eigenvalue weighted by Gasteiger charge is 2.15. The van der Waals surface area contributed by atoms with E-state index in [2.05, 4.69) is 10.3 Å². The van der Waals surface area contributed by atoms with E-state index in [1.807, 2.05) is 26.8 Å². The lowest BCUT2D eigenvalue weighted by Gasteiger charge is -2.19. The van der Waals surface area contributed by atoms with Crippen LogP contribution in [-0.2, 0) is 4.74 Å². The van der Waals surface area contributed by atoms with Gasteiger partial charge in [0.25, 0.3) is 5.56 Å². The summed E-state index contributed by atoms with van der Waals surface area (Å²) in [6.07, 6.45) is 5.35. The fraction of sp³-hybridized carbons (Fsp3) is 0.429. The van der Waals surface area contributed by atoms with Gasteiger partial charge >= 0.3 is 6.09 Å². The Balaban J connectivity index is 2.30. The van der Waals surface area contributed by atoms with E-state index in [-0.39, 0.29) is 5.56 Å². The predicted molar refractivity (Wildman–Crippen MR) is 75.0 cm³/mol. The second-order valence-electron chi connectivity index (χ2n) is 5.07. The number of carbonyl (C=O) groups is 1. The third-order valence-electron chi connectivity index (χ3n) is 2.13. The molecule has 0 aliphatic rings. The molecular weight excluding hydrogens is 244 g/mol. The van der Waals surface area contributed by atoms with E-state index in [1.54, 1.807) is 24.4 Å². The van der Waals surface area contributed by atoms with E-state index in [9.17, 15) is 9.59 Å².